The minimum atomic E-state index is -0.313. The number of hydrogen-bond acceptors (Lipinski definition) is 4. The summed E-state index contributed by atoms with van der Waals surface area (Å²) in [6, 6.07) is 37.6. The van der Waals surface area contributed by atoms with Gasteiger partial charge in [0.1, 0.15) is 0 Å². The Kier molecular flexibility index (Phi) is 8.45. The maximum absolute atomic E-state index is 12.7. The van der Waals surface area contributed by atoms with Crippen LogP contribution < -0.4 is 21.3 Å². The third-order valence-corrected chi connectivity index (χ3v) is 6.28. The van der Waals surface area contributed by atoms with Gasteiger partial charge in [-0.25, -0.2) is 0 Å². The van der Waals surface area contributed by atoms with Crippen LogP contribution in [0.2, 0.25) is 0 Å². The smallest absolute Gasteiger partial charge is 0.255 e. The standard InChI is InChI=1S/C34H26N4O4/c39-31(23-7-3-1-4-8-23)35-27-15-11-25(12-16-27)33(41)37-29-19-21-30(22-20-29)38-34(42)26-13-17-28(18-14-26)36-32(40)24-9-5-2-6-10-24/h1-22H,(H,35,39)(H,36,40)(H,37,41)(H,38,42). The predicted molar refractivity (Wildman–Crippen MR) is 164 cm³/mol. The lowest BCUT2D eigenvalue weighted by atomic mass is 10.1. The van der Waals surface area contributed by atoms with Crippen molar-refractivity contribution in [3.05, 3.63) is 156 Å². The molecule has 5 aromatic carbocycles. The van der Waals surface area contributed by atoms with Crippen molar-refractivity contribution >= 4 is 46.4 Å². The Bertz CT molecular complexity index is 1570. The molecule has 0 saturated carbocycles. The molecule has 0 radical (unpaired) electrons. The second kappa shape index (κ2) is 12.9. The van der Waals surface area contributed by atoms with Gasteiger partial charge in [-0.05, 0) is 97.1 Å². The van der Waals surface area contributed by atoms with Gasteiger partial charge in [0.15, 0.2) is 0 Å². The first-order valence-electron chi connectivity index (χ1n) is 13.1. The largest absolute Gasteiger partial charge is 0.322 e. The summed E-state index contributed by atoms with van der Waals surface area (Å²) in [6.45, 7) is 0. The fourth-order valence-electron chi connectivity index (χ4n) is 4.04. The summed E-state index contributed by atoms with van der Waals surface area (Å²) in [5.41, 5.74) is 4.19. The molecule has 0 heterocycles. The van der Waals surface area contributed by atoms with Crippen LogP contribution in [0.5, 0.6) is 0 Å². The van der Waals surface area contributed by atoms with E-state index in [0.717, 1.165) is 0 Å². The van der Waals surface area contributed by atoms with Gasteiger partial charge in [-0.3, -0.25) is 19.2 Å². The molecule has 8 heteroatoms. The molecule has 42 heavy (non-hydrogen) atoms. The van der Waals surface area contributed by atoms with Crippen molar-refractivity contribution in [1.29, 1.82) is 0 Å². The topological polar surface area (TPSA) is 116 Å². The van der Waals surface area contributed by atoms with Gasteiger partial charge in [0.05, 0.1) is 0 Å². The fraction of sp³-hybridized carbons (Fsp3) is 0. The minimum absolute atomic E-state index is 0.232. The number of benzene rings is 5. The highest BCUT2D eigenvalue weighted by atomic mass is 16.2. The second-order valence-electron chi connectivity index (χ2n) is 9.28. The minimum Gasteiger partial charge on any atom is -0.322 e. The van der Waals surface area contributed by atoms with Crippen molar-refractivity contribution in [2.24, 2.45) is 0 Å². The second-order valence-corrected chi connectivity index (χ2v) is 9.28. The maximum Gasteiger partial charge on any atom is 0.255 e. The predicted octanol–water partition coefficient (Wildman–Crippen LogP) is 6.70. The van der Waals surface area contributed by atoms with E-state index in [1.807, 2.05) is 12.1 Å². The van der Waals surface area contributed by atoms with Crippen LogP contribution in [-0.4, -0.2) is 23.6 Å². The van der Waals surface area contributed by atoms with Gasteiger partial charge < -0.3 is 21.3 Å². The lowest BCUT2D eigenvalue weighted by Gasteiger charge is -2.10. The molecule has 4 N–H and O–H groups in total. The van der Waals surface area contributed by atoms with Crippen LogP contribution in [-0.2, 0) is 0 Å². The van der Waals surface area contributed by atoms with Crippen LogP contribution in [0.4, 0.5) is 22.7 Å². The number of anilines is 4. The molecule has 0 atom stereocenters. The van der Waals surface area contributed by atoms with Crippen LogP contribution in [0.25, 0.3) is 0 Å². The Hall–Kier alpha value is -6.02. The molecule has 8 nitrogen and oxygen atoms in total. The number of hydrogen-bond donors (Lipinski definition) is 4. The Morgan fingerprint density at radius 1 is 0.286 bits per heavy atom. The number of nitrogens with one attached hydrogen (secondary N) is 4. The molecule has 0 fully saturated rings. The van der Waals surface area contributed by atoms with Crippen LogP contribution >= 0.6 is 0 Å². The molecule has 0 spiro atoms. The monoisotopic (exact) mass is 554 g/mol. The Morgan fingerprint density at radius 3 is 0.762 bits per heavy atom. The molecule has 0 aromatic heterocycles. The molecule has 5 rings (SSSR count). The zero-order chi connectivity index (χ0) is 29.3. The van der Waals surface area contributed by atoms with Crippen LogP contribution in [0.15, 0.2) is 133 Å². The number of carbonyl (C=O) groups is 4. The van der Waals surface area contributed by atoms with Gasteiger partial charge in [-0.2, -0.15) is 0 Å². The van der Waals surface area contributed by atoms with E-state index in [2.05, 4.69) is 21.3 Å². The van der Waals surface area contributed by atoms with Crippen molar-refractivity contribution in [1.82, 2.24) is 0 Å². The normalized spacial score (nSPS) is 10.3. The molecule has 0 bridgehead atoms. The Balaban J connectivity index is 1.12. The van der Waals surface area contributed by atoms with Gasteiger partial charge in [-0.15, -0.1) is 0 Å². The highest BCUT2D eigenvalue weighted by Gasteiger charge is 2.11. The first-order valence-corrected chi connectivity index (χ1v) is 13.1. The van der Waals surface area contributed by atoms with Crippen LogP contribution in [0.3, 0.4) is 0 Å². The summed E-state index contributed by atoms with van der Waals surface area (Å²) < 4.78 is 0. The fourth-order valence-corrected chi connectivity index (χ4v) is 4.04. The van der Waals surface area contributed by atoms with E-state index in [4.69, 9.17) is 0 Å². The summed E-state index contributed by atoms with van der Waals surface area (Å²) in [5, 5.41) is 11.2. The summed E-state index contributed by atoms with van der Waals surface area (Å²) in [5.74, 6) is -1.09. The van der Waals surface area contributed by atoms with E-state index in [1.54, 1.807) is 121 Å². The van der Waals surface area contributed by atoms with Gasteiger partial charge in [0, 0.05) is 45.0 Å². The Morgan fingerprint density at radius 2 is 0.500 bits per heavy atom. The van der Waals surface area contributed by atoms with Crippen molar-refractivity contribution in [2.45, 2.75) is 0 Å². The van der Waals surface area contributed by atoms with Crippen LogP contribution in [0, 0.1) is 0 Å². The third kappa shape index (κ3) is 7.13. The van der Waals surface area contributed by atoms with Crippen molar-refractivity contribution in [3.63, 3.8) is 0 Å². The number of amides is 4. The zero-order valence-electron chi connectivity index (χ0n) is 22.3. The highest BCUT2D eigenvalue weighted by molar-refractivity contribution is 6.08. The van der Waals surface area contributed by atoms with E-state index < -0.39 is 0 Å². The Labute approximate surface area is 242 Å². The molecule has 0 saturated heterocycles. The first-order chi connectivity index (χ1) is 20.4. The lowest BCUT2D eigenvalue weighted by Crippen LogP contribution is -2.14. The van der Waals surface area contributed by atoms with E-state index in [0.29, 0.717) is 45.0 Å². The molecule has 5 aromatic rings. The van der Waals surface area contributed by atoms with Crippen molar-refractivity contribution < 1.29 is 19.2 Å². The van der Waals surface area contributed by atoms with E-state index in [-0.39, 0.29) is 23.6 Å². The van der Waals surface area contributed by atoms with E-state index in [9.17, 15) is 19.2 Å². The molecule has 0 unspecified atom stereocenters. The van der Waals surface area contributed by atoms with Crippen molar-refractivity contribution in [3.8, 4) is 0 Å². The molecule has 4 amide bonds. The molecular formula is C34H26N4O4. The first kappa shape index (κ1) is 27.5. The molecule has 0 aliphatic heterocycles. The van der Waals surface area contributed by atoms with Crippen LogP contribution in [0.1, 0.15) is 41.4 Å². The summed E-state index contributed by atoms with van der Waals surface area (Å²) in [7, 11) is 0. The molecule has 206 valence electrons. The number of carbonyl (C=O) groups excluding carboxylic acids is 4. The summed E-state index contributed by atoms with van der Waals surface area (Å²) >= 11 is 0. The number of rotatable bonds is 8. The van der Waals surface area contributed by atoms with Gasteiger partial charge in [-0.1, -0.05) is 36.4 Å². The van der Waals surface area contributed by atoms with E-state index >= 15 is 0 Å². The average molecular weight is 555 g/mol. The van der Waals surface area contributed by atoms with Gasteiger partial charge in [0.25, 0.3) is 23.6 Å². The van der Waals surface area contributed by atoms with Crippen molar-refractivity contribution in [2.75, 3.05) is 21.3 Å². The van der Waals surface area contributed by atoms with Gasteiger partial charge in [0.2, 0.25) is 0 Å². The molecular weight excluding hydrogens is 528 g/mol. The summed E-state index contributed by atoms with van der Waals surface area (Å²) in [6.07, 6.45) is 0. The third-order valence-electron chi connectivity index (χ3n) is 6.28. The molecule has 0 aliphatic rings. The SMILES string of the molecule is O=C(Nc1ccc(C(=O)Nc2ccc(NC(=O)c3ccc(NC(=O)c4ccccc4)cc3)cc2)cc1)c1ccccc1. The van der Waals surface area contributed by atoms with E-state index in [1.165, 1.54) is 0 Å². The average Bonchev–Trinajstić information content (AvgIpc) is 3.03. The lowest BCUT2D eigenvalue weighted by molar-refractivity contribution is 0.101. The zero-order valence-corrected chi connectivity index (χ0v) is 22.3. The molecule has 0 aliphatic carbocycles. The highest BCUT2D eigenvalue weighted by Crippen LogP contribution is 2.18. The quantitative estimate of drug-likeness (QED) is 0.171. The summed E-state index contributed by atoms with van der Waals surface area (Å²) in [4.78, 5) is 50.0. The maximum atomic E-state index is 12.7. The van der Waals surface area contributed by atoms with Gasteiger partial charge >= 0.3 is 0 Å².